The number of hydrogen-bond donors (Lipinski definition) is 1. The zero-order chi connectivity index (χ0) is 22.5. The third kappa shape index (κ3) is 5.14. The van der Waals surface area contributed by atoms with E-state index in [1.54, 1.807) is 18.2 Å². The predicted molar refractivity (Wildman–Crippen MR) is 116 cm³/mol. The highest BCUT2D eigenvalue weighted by Gasteiger charge is 2.16. The van der Waals surface area contributed by atoms with Crippen molar-refractivity contribution in [1.82, 2.24) is 4.57 Å². The number of nitrogens with zero attached hydrogens (tertiary/aromatic N) is 2. The first-order valence-corrected chi connectivity index (χ1v) is 10.4. The van der Waals surface area contributed by atoms with Gasteiger partial charge in [0, 0.05) is 37.4 Å². The van der Waals surface area contributed by atoms with E-state index in [0.29, 0.717) is 30.0 Å². The third-order valence-corrected chi connectivity index (χ3v) is 5.23. The Morgan fingerprint density at radius 2 is 2.16 bits per heavy atom. The van der Waals surface area contributed by atoms with Crippen LogP contribution in [0.5, 0.6) is 5.75 Å². The van der Waals surface area contributed by atoms with Crippen molar-refractivity contribution in [3.8, 4) is 5.75 Å². The Labute approximate surface area is 182 Å². The first-order chi connectivity index (χ1) is 15.5. The summed E-state index contributed by atoms with van der Waals surface area (Å²) >= 11 is 0. The summed E-state index contributed by atoms with van der Waals surface area (Å²) in [5, 5.41) is 13.7. The highest BCUT2D eigenvalue weighted by atomic mass is 16.6. The zero-order valence-electron chi connectivity index (χ0n) is 17.3. The molecule has 1 amide bonds. The minimum atomic E-state index is -0.614. The number of nitro groups is 1. The van der Waals surface area contributed by atoms with Crippen LogP contribution in [0.1, 0.15) is 25.7 Å². The Hall–Kier alpha value is -3.66. The summed E-state index contributed by atoms with van der Waals surface area (Å²) in [6.45, 7) is 1.50. The van der Waals surface area contributed by atoms with E-state index in [2.05, 4.69) is 5.32 Å². The van der Waals surface area contributed by atoms with E-state index in [0.717, 1.165) is 19.4 Å². The molecule has 32 heavy (non-hydrogen) atoms. The molecule has 4 rings (SSSR count). The molecule has 1 unspecified atom stereocenters. The summed E-state index contributed by atoms with van der Waals surface area (Å²) in [4.78, 5) is 34.7. The number of fused-ring (bicyclic) bond motifs is 1. The van der Waals surface area contributed by atoms with Crippen LogP contribution in [0.25, 0.3) is 11.1 Å². The predicted octanol–water partition coefficient (Wildman–Crippen LogP) is 3.48. The number of aryl methyl sites for hydroxylation is 1. The number of carbonyl (C=O) groups is 1. The van der Waals surface area contributed by atoms with Crippen LogP contribution in [0.2, 0.25) is 0 Å². The molecule has 1 aromatic heterocycles. The summed E-state index contributed by atoms with van der Waals surface area (Å²) in [5.74, 6) is -0.154. The summed E-state index contributed by atoms with van der Waals surface area (Å²) in [7, 11) is 0. The van der Waals surface area contributed by atoms with Crippen LogP contribution in [0.4, 0.5) is 11.4 Å². The molecule has 1 N–H and O–H groups in total. The number of ether oxygens (including phenoxy) is 2. The van der Waals surface area contributed by atoms with Gasteiger partial charge >= 0.3 is 5.76 Å². The second-order valence-corrected chi connectivity index (χ2v) is 7.55. The first-order valence-electron chi connectivity index (χ1n) is 10.4. The maximum Gasteiger partial charge on any atom is 0.419 e. The number of anilines is 1. The van der Waals surface area contributed by atoms with Crippen molar-refractivity contribution >= 4 is 28.4 Å². The van der Waals surface area contributed by atoms with Crippen LogP contribution in [-0.2, 0) is 16.1 Å². The molecular formula is C22H23N3O7. The molecule has 2 heterocycles. The van der Waals surface area contributed by atoms with Crippen molar-refractivity contribution in [2.45, 2.75) is 38.3 Å². The van der Waals surface area contributed by atoms with Gasteiger partial charge in [-0.1, -0.05) is 6.07 Å². The highest BCUT2D eigenvalue weighted by molar-refractivity contribution is 5.90. The Kier molecular flexibility index (Phi) is 6.50. The minimum absolute atomic E-state index is 0.113. The third-order valence-electron chi connectivity index (χ3n) is 5.23. The molecule has 1 saturated heterocycles. The van der Waals surface area contributed by atoms with Gasteiger partial charge in [0.1, 0.15) is 12.4 Å². The Morgan fingerprint density at radius 1 is 1.28 bits per heavy atom. The van der Waals surface area contributed by atoms with Gasteiger partial charge in [-0.3, -0.25) is 19.5 Å². The van der Waals surface area contributed by atoms with Gasteiger partial charge in [-0.2, -0.15) is 0 Å². The molecule has 1 aliphatic heterocycles. The SMILES string of the molecule is O=C(CCCn1c(=O)oc2cc([N+](=O)[O-])ccc21)Nc1cccc(OCC2CCCO2)c1. The molecular weight excluding hydrogens is 418 g/mol. The number of non-ortho nitro benzene ring substituents is 1. The van der Waals surface area contributed by atoms with Crippen molar-refractivity contribution < 1.29 is 23.6 Å². The van der Waals surface area contributed by atoms with Gasteiger partial charge in [-0.25, -0.2) is 4.79 Å². The number of hydrogen-bond acceptors (Lipinski definition) is 7. The lowest BCUT2D eigenvalue weighted by Crippen LogP contribution is -2.17. The first kappa shape index (κ1) is 21.6. The van der Waals surface area contributed by atoms with Crippen molar-refractivity contribution in [1.29, 1.82) is 0 Å². The largest absolute Gasteiger partial charge is 0.491 e. The second-order valence-electron chi connectivity index (χ2n) is 7.55. The molecule has 10 heteroatoms. The summed E-state index contributed by atoms with van der Waals surface area (Å²) < 4.78 is 17.8. The number of nitrogens with one attached hydrogen (secondary N) is 1. The molecule has 0 spiro atoms. The summed E-state index contributed by atoms with van der Waals surface area (Å²) in [5.41, 5.74) is 1.07. The van der Waals surface area contributed by atoms with E-state index in [9.17, 15) is 19.7 Å². The van der Waals surface area contributed by atoms with Crippen LogP contribution in [0.3, 0.4) is 0 Å². The van der Waals surface area contributed by atoms with Gasteiger partial charge < -0.3 is 19.2 Å². The lowest BCUT2D eigenvalue weighted by molar-refractivity contribution is -0.384. The number of benzene rings is 2. The number of nitro benzene ring substituents is 1. The van der Waals surface area contributed by atoms with Crippen LogP contribution in [0.15, 0.2) is 51.7 Å². The molecule has 0 radical (unpaired) electrons. The van der Waals surface area contributed by atoms with Gasteiger partial charge in [0.25, 0.3) is 5.69 Å². The maximum absolute atomic E-state index is 12.3. The Morgan fingerprint density at radius 3 is 2.94 bits per heavy atom. The van der Waals surface area contributed by atoms with Gasteiger partial charge in [0.2, 0.25) is 5.91 Å². The van der Waals surface area contributed by atoms with Crippen molar-refractivity contribution in [2.75, 3.05) is 18.5 Å². The van der Waals surface area contributed by atoms with E-state index in [4.69, 9.17) is 13.9 Å². The number of oxazole rings is 1. The zero-order valence-corrected chi connectivity index (χ0v) is 17.3. The maximum atomic E-state index is 12.3. The molecule has 3 aromatic rings. The number of carbonyl (C=O) groups excluding carboxylic acids is 1. The van der Waals surface area contributed by atoms with Crippen molar-refractivity contribution in [3.63, 3.8) is 0 Å². The number of rotatable bonds is 9. The van der Waals surface area contributed by atoms with E-state index in [1.807, 2.05) is 6.07 Å². The van der Waals surface area contributed by atoms with Gasteiger partial charge in [0.15, 0.2) is 5.58 Å². The summed E-state index contributed by atoms with van der Waals surface area (Å²) in [6.07, 6.45) is 2.73. The fraction of sp³-hybridized carbons (Fsp3) is 0.364. The van der Waals surface area contributed by atoms with Crippen LogP contribution in [0, 0.1) is 10.1 Å². The lowest BCUT2D eigenvalue weighted by Gasteiger charge is -2.12. The fourth-order valence-corrected chi connectivity index (χ4v) is 3.63. The standard InChI is InChI=1S/C22H23N3O7/c26-21(23-15-4-1-5-17(12-15)31-14-18-6-3-11-30-18)7-2-10-24-19-9-8-16(25(28)29)13-20(19)32-22(24)27/h1,4-5,8-9,12-13,18H,2-3,6-7,10-11,14H2,(H,23,26). The molecule has 0 saturated carbocycles. The second kappa shape index (κ2) is 9.65. The monoisotopic (exact) mass is 441 g/mol. The minimum Gasteiger partial charge on any atom is -0.491 e. The van der Waals surface area contributed by atoms with Gasteiger partial charge in [-0.05, 0) is 37.5 Å². The van der Waals surface area contributed by atoms with Crippen molar-refractivity contribution in [2.24, 2.45) is 0 Å². The quantitative estimate of drug-likeness (QED) is 0.398. The van der Waals surface area contributed by atoms with E-state index in [-0.39, 0.29) is 36.2 Å². The van der Waals surface area contributed by atoms with Crippen LogP contribution < -0.4 is 15.8 Å². The average molecular weight is 441 g/mol. The molecule has 1 aliphatic rings. The molecule has 0 aliphatic carbocycles. The molecule has 0 bridgehead atoms. The van der Waals surface area contributed by atoms with E-state index >= 15 is 0 Å². The van der Waals surface area contributed by atoms with Crippen LogP contribution in [-0.4, -0.2) is 34.7 Å². The van der Waals surface area contributed by atoms with E-state index in [1.165, 1.54) is 22.8 Å². The Balaban J connectivity index is 1.30. The topological polar surface area (TPSA) is 126 Å². The molecule has 168 valence electrons. The van der Waals surface area contributed by atoms with Gasteiger partial charge in [0.05, 0.1) is 22.6 Å². The summed E-state index contributed by atoms with van der Waals surface area (Å²) in [6, 6.07) is 11.2. The molecule has 1 atom stereocenters. The molecule has 10 nitrogen and oxygen atoms in total. The normalized spacial score (nSPS) is 15.7. The van der Waals surface area contributed by atoms with E-state index < -0.39 is 10.7 Å². The lowest BCUT2D eigenvalue weighted by atomic mass is 10.2. The van der Waals surface area contributed by atoms with Gasteiger partial charge in [-0.15, -0.1) is 0 Å². The van der Waals surface area contributed by atoms with Crippen molar-refractivity contribution in [3.05, 3.63) is 63.1 Å². The fourth-order valence-electron chi connectivity index (χ4n) is 3.63. The Bertz CT molecular complexity index is 1180. The highest BCUT2D eigenvalue weighted by Crippen LogP contribution is 2.21. The number of aromatic nitrogens is 1. The average Bonchev–Trinajstić information content (AvgIpc) is 3.40. The van der Waals surface area contributed by atoms with Crippen LogP contribution >= 0.6 is 0 Å². The molecule has 1 fully saturated rings. The molecule has 2 aromatic carbocycles. The smallest absolute Gasteiger partial charge is 0.419 e. The number of amides is 1.